The summed E-state index contributed by atoms with van der Waals surface area (Å²) in [6.45, 7) is 9.26. The van der Waals surface area contributed by atoms with E-state index in [1.807, 2.05) is 64.1 Å². The van der Waals surface area contributed by atoms with Crippen LogP contribution in [0.3, 0.4) is 0 Å². The molecule has 1 atom stereocenters. The van der Waals surface area contributed by atoms with Crippen molar-refractivity contribution in [2.45, 2.75) is 53.5 Å². The molecule has 0 bridgehead atoms. The van der Waals surface area contributed by atoms with Crippen LogP contribution >= 0.6 is 0 Å². The van der Waals surface area contributed by atoms with Crippen LogP contribution in [0.5, 0.6) is 0 Å². The van der Waals surface area contributed by atoms with Gasteiger partial charge in [-0.25, -0.2) is 0 Å². The number of benzene rings is 1. The highest BCUT2D eigenvalue weighted by Crippen LogP contribution is 2.20. The number of rotatable bonds is 6. The molecule has 0 aliphatic heterocycles. The molecular formula is C25H28N2O3. The first-order valence-electron chi connectivity index (χ1n) is 10.2. The van der Waals surface area contributed by atoms with Crippen molar-refractivity contribution in [1.82, 2.24) is 9.55 Å². The summed E-state index contributed by atoms with van der Waals surface area (Å²) in [5, 5.41) is 0. The molecule has 0 aliphatic rings. The number of aryl methyl sites for hydroxylation is 3. The minimum atomic E-state index is -0.162. The molecule has 0 aliphatic carbocycles. The van der Waals surface area contributed by atoms with Crippen LogP contribution in [0, 0.1) is 27.7 Å². The Morgan fingerprint density at radius 2 is 1.70 bits per heavy atom. The van der Waals surface area contributed by atoms with Crippen LogP contribution in [0.25, 0.3) is 0 Å². The van der Waals surface area contributed by atoms with E-state index in [9.17, 15) is 14.4 Å². The monoisotopic (exact) mass is 404 g/mol. The molecule has 0 amide bonds. The summed E-state index contributed by atoms with van der Waals surface area (Å²) in [6, 6.07) is 11.6. The Morgan fingerprint density at radius 3 is 2.33 bits per heavy atom. The molecule has 0 unspecified atom stereocenters. The van der Waals surface area contributed by atoms with Crippen molar-refractivity contribution in [2.24, 2.45) is 0 Å². The molecule has 0 radical (unpaired) electrons. The average Bonchev–Trinajstić information content (AvgIpc) is 2.70. The minimum Gasteiger partial charge on any atom is -0.326 e. The number of carbonyl (C=O) groups excluding carboxylic acids is 1. The lowest BCUT2D eigenvalue weighted by molar-refractivity contribution is 0.0981. The lowest BCUT2D eigenvalue weighted by Gasteiger charge is -2.19. The molecule has 30 heavy (non-hydrogen) atoms. The van der Waals surface area contributed by atoms with Gasteiger partial charge in [0, 0.05) is 35.0 Å². The summed E-state index contributed by atoms with van der Waals surface area (Å²) in [6.07, 6.45) is 2.30. The lowest BCUT2D eigenvalue weighted by Crippen LogP contribution is -2.28. The summed E-state index contributed by atoms with van der Waals surface area (Å²) in [7, 11) is 0. The van der Waals surface area contributed by atoms with Crippen LogP contribution in [0.2, 0.25) is 0 Å². The third kappa shape index (κ3) is 4.20. The first kappa shape index (κ1) is 21.5. The predicted octanol–water partition coefficient (Wildman–Crippen LogP) is 4.20. The van der Waals surface area contributed by atoms with Gasteiger partial charge in [0.1, 0.15) is 0 Å². The van der Waals surface area contributed by atoms with Gasteiger partial charge >= 0.3 is 0 Å². The summed E-state index contributed by atoms with van der Waals surface area (Å²) in [5.41, 5.74) is 4.72. The molecule has 1 N–H and O–H groups in total. The maximum Gasteiger partial charge on any atom is 0.254 e. The zero-order valence-corrected chi connectivity index (χ0v) is 18.2. The van der Waals surface area contributed by atoms with Crippen molar-refractivity contribution in [3.8, 4) is 0 Å². The molecule has 5 heteroatoms. The lowest BCUT2D eigenvalue weighted by atomic mass is 9.95. The van der Waals surface area contributed by atoms with Gasteiger partial charge < -0.3 is 9.55 Å². The second kappa shape index (κ2) is 8.66. The standard InChI is InChI=1S/C25H28N2O3/c1-15-13-17(3)26-24(29)21(15)11-12-22(28)23-16(2)14-27(25(30)18(23)4)19(5)20-9-7-6-8-10-20/h6-10,13-14,19H,11-12H2,1-5H3,(H,26,29)/t19-/m0/s1. The molecular weight excluding hydrogens is 376 g/mol. The first-order valence-corrected chi connectivity index (χ1v) is 10.2. The Kier molecular flexibility index (Phi) is 6.20. The third-order valence-corrected chi connectivity index (χ3v) is 5.73. The van der Waals surface area contributed by atoms with Gasteiger partial charge in [0.05, 0.1) is 6.04 Å². The van der Waals surface area contributed by atoms with E-state index in [-0.39, 0.29) is 29.4 Å². The molecule has 3 rings (SSSR count). The number of hydrogen-bond donors (Lipinski definition) is 1. The normalized spacial score (nSPS) is 12.0. The first-order chi connectivity index (χ1) is 14.2. The highest BCUT2D eigenvalue weighted by atomic mass is 16.1. The molecule has 156 valence electrons. The minimum absolute atomic E-state index is 0.110. The summed E-state index contributed by atoms with van der Waals surface area (Å²) in [4.78, 5) is 41.1. The molecule has 3 aromatic rings. The van der Waals surface area contributed by atoms with Crippen LogP contribution in [-0.4, -0.2) is 15.3 Å². The number of aromatic amines is 1. The Morgan fingerprint density at radius 1 is 1.03 bits per heavy atom. The highest BCUT2D eigenvalue weighted by Gasteiger charge is 2.20. The van der Waals surface area contributed by atoms with E-state index < -0.39 is 0 Å². The number of H-pyrrole nitrogens is 1. The van der Waals surface area contributed by atoms with Gasteiger partial charge in [0.2, 0.25) is 0 Å². The van der Waals surface area contributed by atoms with E-state index in [1.54, 1.807) is 17.7 Å². The summed E-state index contributed by atoms with van der Waals surface area (Å²) < 4.78 is 1.69. The van der Waals surface area contributed by atoms with Crippen LogP contribution in [-0.2, 0) is 6.42 Å². The molecule has 2 heterocycles. The van der Waals surface area contributed by atoms with E-state index in [2.05, 4.69) is 4.98 Å². The smallest absolute Gasteiger partial charge is 0.254 e. The third-order valence-electron chi connectivity index (χ3n) is 5.73. The Balaban J connectivity index is 1.90. The Hall–Kier alpha value is -3.21. The van der Waals surface area contributed by atoms with Crippen molar-refractivity contribution in [3.05, 3.63) is 102 Å². The zero-order valence-electron chi connectivity index (χ0n) is 18.2. The van der Waals surface area contributed by atoms with Gasteiger partial charge in [-0.1, -0.05) is 30.3 Å². The second-order valence-electron chi connectivity index (χ2n) is 7.98. The molecule has 2 aromatic heterocycles. The van der Waals surface area contributed by atoms with E-state index in [0.717, 1.165) is 22.4 Å². The van der Waals surface area contributed by atoms with Crippen LogP contribution < -0.4 is 11.1 Å². The molecule has 1 aromatic carbocycles. The van der Waals surface area contributed by atoms with Crippen molar-refractivity contribution in [2.75, 3.05) is 0 Å². The molecule has 0 saturated heterocycles. The quantitative estimate of drug-likeness (QED) is 0.626. The Bertz CT molecular complexity index is 1200. The van der Waals surface area contributed by atoms with Gasteiger partial charge in [0.25, 0.3) is 11.1 Å². The van der Waals surface area contributed by atoms with E-state index in [1.165, 1.54) is 0 Å². The Labute approximate surface area is 176 Å². The summed E-state index contributed by atoms with van der Waals surface area (Å²) >= 11 is 0. The van der Waals surface area contributed by atoms with E-state index in [4.69, 9.17) is 0 Å². The van der Waals surface area contributed by atoms with Crippen LogP contribution in [0.1, 0.15) is 63.3 Å². The van der Waals surface area contributed by atoms with Crippen molar-refractivity contribution < 1.29 is 4.79 Å². The van der Waals surface area contributed by atoms with Gasteiger partial charge in [-0.3, -0.25) is 14.4 Å². The summed E-state index contributed by atoms with van der Waals surface area (Å²) in [5.74, 6) is -0.110. The number of pyridine rings is 2. The molecule has 5 nitrogen and oxygen atoms in total. The number of Topliss-reactive ketones (excluding diaryl/α,β-unsaturated/α-hetero) is 1. The largest absolute Gasteiger partial charge is 0.326 e. The average molecular weight is 405 g/mol. The number of nitrogens with zero attached hydrogens (tertiary/aromatic N) is 1. The van der Waals surface area contributed by atoms with Crippen molar-refractivity contribution in [1.29, 1.82) is 0 Å². The SMILES string of the molecule is Cc1cc(C)c(CCC(=O)c2c(C)cn([C@@H](C)c3ccccc3)c(=O)c2C)c(=O)[nH]1. The maximum absolute atomic E-state index is 13.0. The predicted molar refractivity (Wildman–Crippen MR) is 120 cm³/mol. The van der Waals surface area contributed by atoms with E-state index in [0.29, 0.717) is 23.1 Å². The number of nitrogens with one attached hydrogen (secondary N) is 1. The van der Waals surface area contributed by atoms with Crippen molar-refractivity contribution >= 4 is 5.78 Å². The van der Waals surface area contributed by atoms with Crippen molar-refractivity contribution in [3.63, 3.8) is 0 Å². The zero-order chi connectivity index (χ0) is 22.0. The number of hydrogen-bond acceptors (Lipinski definition) is 3. The van der Waals surface area contributed by atoms with Crippen LogP contribution in [0.15, 0.2) is 52.2 Å². The molecule has 0 fully saturated rings. The number of carbonyl (C=O) groups is 1. The van der Waals surface area contributed by atoms with E-state index >= 15 is 0 Å². The molecule has 0 saturated carbocycles. The highest BCUT2D eigenvalue weighted by molar-refractivity contribution is 5.98. The van der Waals surface area contributed by atoms with Gasteiger partial charge in [-0.2, -0.15) is 0 Å². The fourth-order valence-corrected chi connectivity index (χ4v) is 4.09. The fraction of sp³-hybridized carbons (Fsp3) is 0.320. The van der Waals surface area contributed by atoms with Gasteiger partial charge in [-0.15, -0.1) is 0 Å². The second-order valence-corrected chi connectivity index (χ2v) is 7.98. The van der Waals surface area contributed by atoms with Gasteiger partial charge in [0.15, 0.2) is 5.78 Å². The van der Waals surface area contributed by atoms with Gasteiger partial charge in [-0.05, 0) is 63.8 Å². The maximum atomic E-state index is 13.0. The number of aromatic nitrogens is 2. The molecule has 0 spiro atoms. The fourth-order valence-electron chi connectivity index (χ4n) is 4.09. The van der Waals surface area contributed by atoms with Crippen LogP contribution in [0.4, 0.5) is 0 Å². The number of ketones is 1. The topological polar surface area (TPSA) is 71.9 Å².